The first-order valence-electron chi connectivity index (χ1n) is 4.04. The first kappa shape index (κ1) is 10.7. The summed E-state index contributed by atoms with van der Waals surface area (Å²) in [6.07, 6.45) is 2.20. The summed E-state index contributed by atoms with van der Waals surface area (Å²) in [6.45, 7) is 6.79. The first-order chi connectivity index (χ1) is 5.22. The summed E-state index contributed by atoms with van der Waals surface area (Å²) in [5, 5.41) is 3.21. The molecule has 1 unspecified atom stereocenters. The molecule has 0 aliphatic carbocycles. The third-order valence-electron chi connectivity index (χ3n) is 1.78. The van der Waals surface area contributed by atoms with Gasteiger partial charge in [-0.15, -0.1) is 0 Å². The quantitative estimate of drug-likeness (QED) is 0.467. The molecule has 1 N–H and O–H groups in total. The molecule has 2 heteroatoms. The van der Waals surface area contributed by atoms with Crippen molar-refractivity contribution in [1.29, 1.82) is 0 Å². The van der Waals surface area contributed by atoms with Gasteiger partial charge >= 0.3 is 0 Å². The zero-order chi connectivity index (χ0) is 8.69. The molecule has 0 saturated heterocycles. The summed E-state index contributed by atoms with van der Waals surface area (Å²) in [5.74, 6) is 0. The van der Waals surface area contributed by atoms with Gasteiger partial charge in [0.25, 0.3) is 0 Å². The zero-order valence-corrected chi connectivity index (χ0v) is 7.81. The molecule has 0 saturated carbocycles. The normalized spacial score (nSPS) is 13.0. The van der Waals surface area contributed by atoms with Gasteiger partial charge in [0.05, 0.1) is 0 Å². The third-order valence-corrected chi connectivity index (χ3v) is 1.78. The van der Waals surface area contributed by atoms with E-state index in [0.717, 1.165) is 19.4 Å². The molecule has 0 rings (SSSR count). The van der Waals surface area contributed by atoms with Gasteiger partial charge in [0.2, 0.25) is 0 Å². The molecule has 0 aromatic heterocycles. The number of nitrogens with one attached hydrogen (secondary N) is 1. The highest BCUT2D eigenvalue weighted by atomic mass is 16.5. The Morgan fingerprint density at radius 2 is 2.27 bits per heavy atom. The smallest absolute Gasteiger partial charge is 0.0462 e. The van der Waals surface area contributed by atoms with Crippen LogP contribution in [0.5, 0.6) is 0 Å². The molecule has 2 nitrogen and oxygen atoms in total. The standard InChI is InChI=1S/C9H19NO/c1-8(2)9(10-3)6-5-7-11-4/h9-10H,1,5-7H2,2-4H3. The van der Waals surface area contributed by atoms with Crippen molar-refractivity contribution in [3.63, 3.8) is 0 Å². The van der Waals surface area contributed by atoms with Crippen LogP contribution in [0.2, 0.25) is 0 Å². The van der Waals surface area contributed by atoms with Crippen LogP contribution in [0.1, 0.15) is 19.8 Å². The van der Waals surface area contributed by atoms with Crippen LogP contribution in [0.4, 0.5) is 0 Å². The molecule has 0 spiro atoms. The van der Waals surface area contributed by atoms with E-state index in [4.69, 9.17) is 4.74 Å². The van der Waals surface area contributed by atoms with Crippen LogP contribution in [-0.4, -0.2) is 26.8 Å². The third kappa shape index (κ3) is 4.99. The van der Waals surface area contributed by atoms with Crippen molar-refractivity contribution >= 4 is 0 Å². The Labute approximate surface area is 69.6 Å². The highest BCUT2D eigenvalue weighted by molar-refractivity contribution is 5.00. The van der Waals surface area contributed by atoms with Gasteiger partial charge in [0, 0.05) is 19.8 Å². The summed E-state index contributed by atoms with van der Waals surface area (Å²) >= 11 is 0. The second kappa shape index (κ2) is 6.38. The van der Waals surface area contributed by atoms with Gasteiger partial charge in [-0.1, -0.05) is 12.2 Å². The summed E-state index contributed by atoms with van der Waals surface area (Å²) in [4.78, 5) is 0. The molecular formula is C9H19NO. The minimum absolute atomic E-state index is 0.449. The molecule has 0 aromatic rings. The number of hydrogen-bond acceptors (Lipinski definition) is 2. The van der Waals surface area contributed by atoms with Crippen molar-refractivity contribution in [2.75, 3.05) is 20.8 Å². The second-order valence-corrected chi connectivity index (χ2v) is 2.82. The molecule has 66 valence electrons. The van der Waals surface area contributed by atoms with Gasteiger partial charge in [0.1, 0.15) is 0 Å². The molecule has 0 aliphatic rings. The lowest BCUT2D eigenvalue weighted by molar-refractivity contribution is 0.190. The van der Waals surface area contributed by atoms with Gasteiger partial charge in [-0.25, -0.2) is 0 Å². The summed E-state index contributed by atoms with van der Waals surface area (Å²) in [7, 11) is 3.70. The van der Waals surface area contributed by atoms with Crippen molar-refractivity contribution in [3.8, 4) is 0 Å². The monoisotopic (exact) mass is 157 g/mol. The number of methoxy groups -OCH3 is 1. The fourth-order valence-corrected chi connectivity index (χ4v) is 1.07. The first-order valence-corrected chi connectivity index (χ1v) is 4.04. The average molecular weight is 157 g/mol. The number of ether oxygens (including phenoxy) is 1. The van der Waals surface area contributed by atoms with Crippen LogP contribution in [0, 0.1) is 0 Å². The largest absolute Gasteiger partial charge is 0.385 e. The number of rotatable bonds is 6. The Hall–Kier alpha value is -0.340. The van der Waals surface area contributed by atoms with Crippen LogP contribution in [0.3, 0.4) is 0 Å². The molecule has 11 heavy (non-hydrogen) atoms. The van der Waals surface area contributed by atoms with Crippen molar-refractivity contribution in [2.24, 2.45) is 0 Å². The topological polar surface area (TPSA) is 21.3 Å². The fourth-order valence-electron chi connectivity index (χ4n) is 1.07. The van der Waals surface area contributed by atoms with E-state index in [1.807, 2.05) is 14.0 Å². The molecule has 0 aliphatic heterocycles. The van der Waals surface area contributed by atoms with Crippen molar-refractivity contribution in [3.05, 3.63) is 12.2 Å². The number of hydrogen-bond donors (Lipinski definition) is 1. The van der Waals surface area contributed by atoms with Gasteiger partial charge in [0.15, 0.2) is 0 Å². The minimum Gasteiger partial charge on any atom is -0.385 e. The molecule has 1 atom stereocenters. The van der Waals surface area contributed by atoms with Gasteiger partial charge in [-0.05, 0) is 26.8 Å². The Kier molecular flexibility index (Phi) is 6.18. The van der Waals surface area contributed by atoms with E-state index in [1.54, 1.807) is 7.11 Å². The molecule has 0 heterocycles. The molecule has 0 bridgehead atoms. The Morgan fingerprint density at radius 3 is 2.64 bits per heavy atom. The Balaban J connectivity index is 3.44. The molecular weight excluding hydrogens is 138 g/mol. The maximum Gasteiger partial charge on any atom is 0.0462 e. The zero-order valence-electron chi connectivity index (χ0n) is 7.81. The van der Waals surface area contributed by atoms with Crippen molar-refractivity contribution < 1.29 is 4.74 Å². The van der Waals surface area contributed by atoms with Crippen molar-refractivity contribution in [1.82, 2.24) is 5.32 Å². The Morgan fingerprint density at radius 1 is 1.64 bits per heavy atom. The summed E-state index contributed by atoms with van der Waals surface area (Å²) < 4.78 is 4.96. The second-order valence-electron chi connectivity index (χ2n) is 2.82. The van der Waals surface area contributed by atoms with Crippen molar-refractivity contribution in [2.45, 2.75) is 25.8 Å². The van der Waals surface area contributed by atoms with Crippen LogP contribution in [0.15, 0.2) is 12.2 Å². The summed E-state index contributed by atoms with van der Waals surface area (Å²) in [6, 6.07) is 0.449. The van der Waals surface area contributed by atoms with E-state index in [9.17, 15) is 0 Å². The maximum atomic E-state index is 4.96. The fraction of sp³-hybridized carbons (Fsp3) is 0.778. The van der Waals surface area contributed by atoms with Crippen LogP contribution in [0.25, 0.3) is 0 Å². The predicted molar refractivity (Wildman–Crippen MR) is 48.8 cm³/mol. The van der Waals surface area contributed by atoms with Crippen LogP contribution < -0.4 is 5.32 Å². The average Bonchev–Trinajstić information content (AvgIpc) is 1.97. The predicted octanol–water partition coefficient (Wildman–Crippen LogP) is 1.58. The lowest BCUT2D eigenvalue weighted by atomic mass is 10.1. The van der Waals surface area contributed by atoms with E-state index in [-0.39, 0.29) is 0 Å². The van der Waals surface area contributed by atoms with E-state index >= 15 is 0 Å². The van der Waals surface area contributed by atoms with E-state index in [1.165, 1.54) is 5.57 Å². The lowest BCUT2D eigenvalue weighted by Gasteiger charge is -2.15. The molecule has 0 radical (unpaired) electrons. The van der Waals surface area contributed by atoms with Gasteiger partial charge in [-0.2, -0.15) is 0 Å². The molecule has 0 fully saturated rings. The SMILES string of the molecule is C=C(C)C(CCCOC)NC. The molecule has 0 amide bonds. The van der Waals surface area contributed by atoms with Gasteiger partial charge < -0.3 is 10.1 Å². The number of likely N-dealkylation sites (N-methyl/N-ethyl adjacent to an activating group) is 1. The van der Waals surface area contributed by atoms with Crippen LogP contribution in [-0.2, 0) is 4.74 Å². The highest BCUT2D eigenvalue weighted by Crippen LogP contribution is 2.04. The highest BCUT2D eigenvalue weighted by Gasteiger charge is 2.04. The Bertz CT molecular complexity index is 112. The molecule has 0 aromatic carbocycles. The van der Waals surface area contributed by atoms with E-state index in [2.05, 4.69) is 11.9 Å². The van der Waals surface area contributed by atoms with E-state index < -0.39 is 0 Å². The van der Waals surface area contributed by atoms with Gasteiger partial charge in [-0.3, -0.25) is 0 Å². The lowest BCUT2D eigenvalue weighted by Crippen LogP contribution is -2.26. The maximum absolute atomic E-state index is 4.96. The summed E-state index contributed by atoms with van der Waals surface area (Å²) in [5.41, 5.74) is 1.20. The van der Waals surface area contributed by atoms with E-state index in [0.29, 0.717) is 6.04 Å². The van der Waals surface area contributed by atoms with Crippen LogP contribution >= 0.6 is 0 Å². The minimum atomic E-state index is 0.449.